The number of aliphatic carboxylic acids is 1. The summed E-state index contributed by atoms with van der Waals surface area (Å²) in [5.41, 5.74) is 13.8. The Morgan fingerprint density at radius 1 is 0.976 bits per heavy atom. The quantitative estimate of drug-likeness (QED) is 0.106. The van der Waals surface area contributed by atoms with Gasteiger partial charge in [-0.05, 0) is 36.9 Å². The van der Waals surface area contributed by atoms with Crippen molar-refractivity contribution in [2.75, 3.05) is 6.54 Å². The summed E-state index contributed by atoms with van der Waals surface area (Å²) in [6.45, 7) is 4.14. The average Bonchev–Trinajstić information content (AvgIpc) is 3.64. The van der Waals surface area contributed by atoms with E-state index in [1.807, 2.05) is 31.2 Å². The number of nitrogens with two attached hydrogens (primary N) is 2. The van der Waals surface area contributed by atoms with Crippen LogP contribution in [0.15, 0.2) is 43.0 Å². The number of carboxylic acid groups (broad SMARTS) is 1. The van der Waals surface area contributed by atoms with Gasteiger partial charge in [0.15, 0.2) is 0 Å². The molecule has 2 aromatic heterocycles. The average molecular weight is 583 g/mol. The minimum Gasteiger partial charge on any atom is -0.480 e. The molecule has 2 heterocycles. The Kier molecular flexibility index (Phi) is 12.1. The number of rotatable bonds is 17. The number of hydrogen-bond acceptors (Lipinski definition) is 7. The van der Waals surface area contributed by atoms with Crippen molar-refractivity contribution in [2.24, 2.45) is 17.4 Å². The first kappa shape index (κ1) is 32.3. The molecule has 42 heavy (non-hydrogen) atoms. The second-order valence-corrected chi connectivity index (χ2v) is 10.6. The van der Waals surface area contributed by atoms with Crippen LogP contribution < -0.4 is 27.4 Å². The van der Waals surface area contributed by atoms with Gasteiger partial charge in [-0.1, -0.05) is 44.9 Å². The molecule has 0 saturated heterocycles. The zero-order valence-electron chi connectivity index (χ0n) is 24.1. The number of aromatic nitrogens is 3. The summed E-state index contributed by atoms with van der Waals surface area (Å²) in [5.74, 6) is -3.26. The van der Waals surface area contributed by atoms with Crippen LogP contribution in [0.25, 0.3) is 10.9 Å². The number of nitrogens with one attached hydrogen (secondary N) is 5. The maximum atomic E-state index is 13.5. The van der Waals surface area contributed by atoms with Crippen LogP contribution in [0, 0.1) is 5.92 Å². The van der Waals surface area contributed by atoms with Crippen molar-refractivity contribution in [3.63, 3.8) is 0 Å². The Bertz CT molecular complexity index is 1320. The van der Waals surface area contributed by atoms with Gasteiger partial charge in [0.25, 0.3) is 0 Å². The summed E-state index contributed by atoms with van der Waals surface area (Å²) in [7, 11) is 0. The highest BCUT2D eigenvalue weighted by Gasteiger charge is 2.33. The highest BCUT2D eigenvalue weighted by atomic mass is 16.4. The third-order valence-electron chi connectivity index (χ3n) is 7.42. The van der Waals surface area contributed by atoms with Gasteiger partial charge in [0.2, 0.25) is 17.7 Å². The van der Waals surface area contributed by atoms with E-state index in [1.165, 1.54) is 12.5 Å². The lowest BCUT2D eigenvalue weighted by Crippen LogP contribution is -2.59. The number of aromatic amines is 2. The molecule has 0 saturated carbocycles. The summed E-state index contributed by atoms with van der Waals surface area (Å²) in [6, 6.07) is 3.32. The lowest BCUT2D eigenvalue weighted by atomic mass is 9.96. The van der Waals surface area contributed by atoms with Gasteiger partial charge in [-0.3, -0.25) is 14.4 Å². The fourth-order valence-electron chi connectivity index (χ4n) is 4.68. The molecule has 3 amide bonds. The number of carboxylic acids is 1. The summed E-state index contributed by atoms with van der Waals surface area (Å²) < 4.78 is 0. The molecule has 3 aromatic rings. The van der Waals surface area contributed by atoms with E-state index in [-0.39, 0.29) is 18.8 Å². The highest BCUT2D eigenvalue weighted by molar-refractivity contribution is 5.94. The van der Waals surface area contributed by atoms with Gasteiger partial charge in [0, 0.05) is 41.8 Å². The van der Waals surface area contributed by atoms with E-state index in [2.05, 4.69) is 30.9 Å². The number of carbonyl (C=O) groups is 4. The van der Waals surface area contributed by atoms with Crippen molar-refractivity contribution >= 4 is 34.6 Å². The van der Waals surface area contributed by atoms with Crippen LogP contribution >= 0.6 is 0 Å². The lowest BCUT2D eigenvalue weighted by Gasteiger charge is -2.28. The van der Waals surface area contributed by atoms with E-state index in [0.717, 1.165) is 22.9 Å². The third kappa shape index (κ3) is 8.88. The number of imidazole rings is 1. The molecule has 0 spiro atoms. The smallest absolute Gasteiger partial charge is 0.326 e. The van der Waals surface area contributed by atoms with Crippen LogP contribution in [0.4, 0.5) is 0 Å². The van der Waals surface area contributed by atoms with Gasteiger partial charge in [-0.15, -0.1) is 0 Å². The Hall–Kier alpha value is -4.23. The Morgan fingerprint density at radius 3 is 2.38 bits per heavy atom. The van der Waals surface area contributed by atoms with Crippen LogP contribution in [0.3, 0.4) is 0 Å². The molecule has 5 unspecified atom stereocenters. The topological polar surface area (TPSA) is 221 Å². The molecular formula is C29H42N8O5. The molecule has 5 atom stereocenters. The van der Waals surface area contributed by atoms with Gasteiger partial charge < -0.3 is 42.5 Å². The number of fused-ring (bicyclic) bond motifs is 1. The largest absolute Gasteiger partial charge is 0.480 e. The molecule has 3 rings (SSSR count). The molecule has 0 radical (unpaired) electrons. The minimum absolute atomic E-state index is 0.0484. The monoisotopic (exact) mass is 582 g/mol. The van der Waals surface area contributed by atoms with E-state index in [1.54, 1.807) is 13.1 Å². The number of para-hydroxylation sites is 1. The molecule has 10 N–H and O–H groups in total. The van der Waals surface area contributed by atoms with Crippen molar-refractivity contribution < 1.29 is 24.3 Å². The van der Waals surface area contributed by atoms with Gasteiger partial charge in [-0.2, -0.15) is 0 Å². The van der Waals surface area contributed by atoms with Crippen molar-refractivity contribution in [3.05, 3.63) is 54.2 Å². The van der Waals surface area contributed by atoms with Crippen molar-refractivity contribution in [2.45, 2.75) is 76.5 Å². The summed E-state index contributed by atoms with van der Waals surface area (Å²) >= 11 is 0. The van der Waals surface area contributed by atoms with Crippen LogP contribution in [0.1, 0.15) is 50.8 Å². The van der Waals surface area contributed by atoms with Crippen LogP contribution in [-0.4, -0.2) is 74.5 Å². The van der Waals surface area contributed by atoms with Crippen molar-refractivity contribution in [1.82, 2.24) is 30.9 Å². The first-order valence-electron chi connectivity index (χ1n) is 14.3. The van der Waals surface area contributed by atoms with Crippen LogP contribution in [0.5, 0.6) is 0 Å². The second kappa shape index (κ2) is 15.7. The second-order valence-electron chi connectivity index (χ2n) is 10.6. The lowest BCUT2D eigenvalue weighted by molar-refractivity contribution is -0.142. The maximum absolute atomic E-state index is 13.5. The molecule has 1 aromatic carbocycles. The first-order chi connectivity index (χ1) is 20.1. The Labute approximate surface area is 244 Å². The molecule has 0 aliphatic carbocycles. The number of unbranched alkanes of at least 4 members (excludes halogenated alkanes) is 1. The number of amides is 3. The van der Waals surface area contributed by atoms with Crippen LogP contribution in [0.2, 0.25) is 0 Å². The Morgan fingerprint density at radius 2 is 1.71 bits per heavy atom. The zero-order valence-corrected chi connectivity index (χ0v) is 24.1. The molecule has 0 fully saturated rings. The molecule has 0 bridgehead atoms. The SMILES string of the molecule is CCC(C)C(NC(=O)C(Cc1cnc[nH]1)NC(=O)C(N)CCCCN)C(=O)NC(Cc1c[nH]c2ccccc12)C(=O)O. The predicted molar refractivity (Wildman–Crippen MR) is 158 cm³/mol. The van der Waals surface area contributed by atoms with Crippen LogP contribution in [-0.2, 0) is 32.0 Å². The standard InChI is InChI=1S/C29H42N8O5/c1-3-17(2)25(28(40)36-24(29(41)42)12-18-14-33-22-10-5-4-8-20(18)22)37-27(39)23(13-19-15-32-16-34-19)35-26(38)21(31)9-6-7-11-30/h4-5,8,10,14-17,21,23-25,33H,3,6-7,9,11-13,30-31H2,1-2H3,(H,32,34)(H,35,38)(H,36,40)(H,37,39)(H,41,42). The number of hydrogen-bond donors (Lipinski definition) is 8. The molecule has 13 heteroatoms. The van der Waals surface area contributed by atoms with Crippen molar-refractivity contribution in [1.29, 1.82) is 0 Å². The number of carbonyl (C=O) groups excluding carboxylic acids is 3. The minimum atomic E-state index is -1.23. The number of nitrogens with zero attached hydrogens (tertiary/aromatic N) is 1. The molecule has 0 aliphatic rings. The molecule has 228 valence electrons. The van der Waals surface area contributed by atoms with E-state index in [9.17, 15) is 24.3 Å². The fourth-order valence-corrected chi connectivity index (χ4v) is 4.68. The van der Waals surface area contributed by atoms with Gasteiger partial charge in [0.1, 0.15) is 18.1 Å². The third-order valence-corrected chi connectivity index (χ3v) is 7.42. The van der Waals surface area contributed by atoms with E-state index >= 15 is 0 Å². The zero-order chi connectivity index (χ0) is 30.6. The first-order valence-corrected chi connectivity index (χ1v) is 14.3. The summed E-state index contributed by atoms with van der Waals surface area (Å²) in [5, 5.41) is 18.9. The predicted octanol–water partition coefficient (Wildman–Crippen LogP) is 0.718. The summed E-state index contributed by atoms with van der Waals surface area (Å²) in [6.07, 6.45) is 7.19. The fraction of sp³-hybridized carbons (Fsp3) is 0.483. The molecule has 0 aliphatic heterocycles. The van der Waals surface area contributed by atoms with Crippen molar-refractivity contribution in [3.8, 4) is 0 Å². The summed E-state index contributed by atoms with van der Waals surface area (Å²) in [4.78, 5) is 62.0. The van der Waals surface area contributed by atoms with E-state index < -0.39 is 47.9 Å². The highest BCUT2D eigenvalue weighted by Crippen LogP contribution is 2.19. The number of H-pyrrole nitrogens is 2. The normalized spacial score (nSPS) is 14.9. The van der Waals surface area contributed by atoms with Gasteiger partial charge >= 0.3 is 5.97 Å². The molecule has 13 nitrogen and oxygen atoms in total. The molecular weight excluding hydrogens is 540 g/mol. The van der Waals surface area contributed by atoms with Gasteiger partial charge in [0.05, 0.1) is 12.4 Å². The Balaban J connectivity index is 1.75. The number of benzene rings is 1. The van der Waals surface area contributed by atoms with E-state index in [4.69, 9.17) is 11.5 Å². The van der Waals surface area contributed by atoms with E-state index in [0.29, 0.717) is 31.5 Å². The van der Waals surface area contributed by atoms with Gasteiger partial charge in [-0.25, -0.2) is 9.78 Å². The maximum Gasteiger partial charge on any atom is 0.326 e.